The van der Waals surface area contributed by atoms with E-state index in [1.54, 1.807) is 11.8 Å². The van der Waals surface area contributed by atoms with Crippen LogP contribution in [0.5, 0.6) is 0 Å². The van der Waals surface area contributed by atoms with E-state index in [0.29, 0.717) is 6.04 Å². The number of carbonyl (C=O) groups is 1. The largest absolute Gasteiger partial charge is 0.344 e. The third-order valence-electron chi connectivity index (χ3n) is 4.41. The molecule has 1 atom stereocenters. The van der Waals surface area contributed by atoms with Gasteiger partial charge in [0.1, 0.15) is 0 Å². The molecule has 1 heterocycles. The molecule has 0 unspecified atom stereocenters. The smallest absolute Gasteiger partial charge is 0.255 e. The van der Waals surface area contributed by atoms with Gasteiger partial charge in [0, 0.05) is 17.9 Å². The predicted molar refractivity (Wildman–Crippen MR) is 86.7 cm³/mol. The first-order valence-electron chi connectivity index (χ1n) is 8.14. The predicted octanol–water partition coefficient (Wildman–Crippen LogP) is 1.99. The first-order valence-corrected chi connectivity index (χ1v) is 9.12. The number of nitrogens with two attached hydrogens (primary N) is 1. The molecule has 2 N–H and O–H groups in total. The summed E-state index contributed by atoms with van der Waals surface area (Å²) in [4.78, 5) is 16.4. The van der Waals surface area contributed by atoms with Gasteiger partial charge >= 0.3 is 0 Å². The highest BCUT2D eigenvalue weighted by molar-refractivity contribution is 7.99. The van der Waals surface area contributed by atoms with Gasteiger partial charge in [-0.25, -0.2) is 0 Å². The van der Waals surface area contributed by atoms with Gasteiger partial charge in [-0.2, -0.15) is 0 Å². The zero-order valence-corrected chi connectivity index (χ0v) is 13.6. The molecule has 3 rings (SSSR count). The maximum absolute atomic E-state index is 13.1. The van der Waals surface area contributed by atoms with Gasteiger partial charge < -0.3 is 10.2 Å². The molecule has 2 fully saturated rings. The molecular formula is C17H25N2OS+. The van der Waals surface area contributed by atoms with Gasteiger partial charge in [0.15, 0.2) is 0 Å². The minimum Gasteiger partial charge on any atom is -0.344 e. The molecule has 1 aliphatic heterocycles. The molecule has 1 saturated heterocycles. The minimum absolute atomic E-state index is 0.249. The first-order chi connectivity index (χ1) is 10.3. The molecule has 4 heteroatoms. The van der Waals surface area contributed by atoms with Crippen LogP contribution in [-0.2, 0) is 0 Å². The highest BCUT2D eigenvalue weighted by atomic mass is 32.2. The molecule has 114 valence electrons. The average Bonchev–Trinajstić information content (AvgIpc) is 3.17. The topological polar surface area (TPSA) is 36.9 Å². The van der Waals surface area contributed by atoms with Crippen molar-refractivity contribution >= 4 is 17.7 Å². The molecule has 1 amide bonds. The Morgan fingerprint density at radius 3 is 2.81 bits per heavy atom. The van der Waals surface area contributed by atoms with Crippen LogP contribution in [0.25, 0.3) is 0 Å². The Balaban J connectivity index is 1.82. The number of quaternary nitrogens is 1. The molecule has 21 heavy (non-hydrogen) atoms. The summed E-state index contributed by atoms with van der Waals surface area (Å²) < 4.78 is 0. The van der Waals surface area contributed by atoms with Crippen LogP contribution in [0.1, 0.15) is 36.5 Å². The molecule has 3 nitrogen and oxygen atoms in total. The van der Waals surface area contributed by atoms with Gasteiger partial charge in [-0.05, 0) is 36.6 Å². The number of carbonyl (C=O) groups excluding carboxylic acids is 1. The third kappa shape index (κ3) is 3.61. The Hall–Kier alpha value is -1.00. The van der Waals surface area contributed by atoms with E-state index in [4.69, 9.17) is 0 Å². The van der Waals surface area contributed by atoms with E-state index in [1.165, 1.54) is 12.8 Å². The minimum atomic E-state index is 0.249. The number of thioether (sulfide) groups is 1. The fourth-order valence-electron chi connectivity index (χ4n) is 3.08. The normalized spacial score (nSPS) is 21.5. The SMILES string of the molecule is CCSc1ccccc1C(=O)N(CC1CC1)[C@H]1CC[NH2+]C1. The van der Waals surface area contributed by atoms with Crippen molar-refractivity contribution in [2.24, 2.45) is 5.92 Å². The van der Waals surface area contributed by atoms with E-state index in [0.717, 1.165) is 48.2 Å². The van der Waals surface area contributed by atoms with Crippen LogP contribution < -0.4 is 5.32 Å². The van der Waals surface area contributed by atoms with E-state index in [2.05, 4.69) is 23.2 Å². The summed E-state index contributed by atoms with van der Waals surface area (Å²) in [7, 11) is 0. The first kappa shape index (κ1) is 14.9. The highest BCUT2D eigenvalue weighted by Gasteiger charge is 2.34. The number of rotatable bonds is 6. The second-order valence-corrected chi connectivity index (χ2v) is 7.39. The van der Waals surface area contributed by atoms with Gasteiger partial charge in [-0.3, -0.25) is 4.79 Å². The Kier molecular flexibility index (Phi) is 4.86. The summed E-state index contributed by atoms with van der Waals surface area (Å²) in [5.41, 5.74) is 0.900. The zero-order valence-electron chi connectivity index (χ0n) is 12.8. The highest BCUT2D eigenvalue weighted by Crippen LogP contribution is 2.32. The lowest BCUT2D eigenvalue weighted by atomic mass is 10.1. The second kappa shape index (κ2) is 6.84. The quantitative estimate of drug-likeness (QED) is 0.816. The van der Waals surface area contributed by atoms with Crippen molar-refractivity contribution in [1.29, 1.82) is 0 Å². The van der Waals surface area contributed by atoms with Crippen LogP contribution in [-0.4, -0.2) is 42.2 Å². The van der Waals surface area contributed by atoms with Crippen molar-refractivity contribution in [2.45, 2.75) is 37.1 Å². The van der Waals surface area contributed by atoms with Crippen LogP contribution in [0.4, 0.5) is 0 Å². The van der Waals surface area contributed by atoms with E-state index >= 15 is 0 Å². The lowest BCUT2D eigenvalue weighted by Crippen LogP contribution is -2.82. The summed E-state index contributed by atoms with van der Waals surface area (Å²) in [5, 5.41) is 2.34. The molecule has 0 radical (unpaired) electrons. The van der Waals surface area contributed by atoms with Crippen molar-refractivity contribution in [3.8, 4) is 0 Å². The molecular weight excluding hydrogens is 280 g/mol. The summed E-state index contributed by atoms with van der Waals surface area (Å²) >= 11 is 1.77. The van der Waals surface area contributed by atoms with Gasteiger partial charge in [0.2, 0.25) is 0 Å². The molecule has 0 aromatic heterocycles. The number of benzene rings is 1. The number of nitrogens with zero attached hydrogens (tertiary/aromatic N) is 1. The van der Waals surface area contributed by atoms with Crippen molar-refractivity contribution in [3.63, 3.8) is 0 Å². The summed E-state index contributed by atoms with van der Waals surface area (Å²) in [6.45, 7) is 5.33. The maximum atomic E-state index is 13.1. The number of hydrogen-bond acceptors (Lipinski definition) is 2. The monoisotopic (exact) mass is 305 g/mol. The van der Waals surface area contributed by atoms with Crippen molar-refractivity contribution < 1.29 is 10.1 Å². The Bertz CT molecular complexity index is 495. The van der Waals surface area contributed by atoms with Crippen LogP contribution in [0.2, 0.25) is 0 Å². The van der Waals surface area contributed by atoms with E-state index in [1.807, 2.05) is 18.2 Å². The zero-order chi connectivity index (χ0) is 14.7. The molecule has 0 spiro atoms. The molecule has 1 aliphatic carbocycles. The standard InChI is InChI=1S/C17H24N2OS/c1-2-21-16-6-4-3-5-15(16)17(20)19(12-13-7-8-13)14-9-10-18-11-14/h3-6,13-14,18H,2,7-12H2,1H3/p+1/t14-/m0/s1. The van der Waals surface area contributed by atoms with Crippen LogP contribution in [0, 0.1) is 5.92 Å². The van der Waals surface area contributed by atoms with Crippen LogP contribution in [0.3, 0.4) is 0 Å². The van der Waals surface area contributed by atoms with Gasteiger partial charge in [0.05, 0.1) is 24.7 Å². The second-order valence-electron chi connectivity index (χ2n) is 6.09. The van der Waals surface area contributed by atoms with Gasteiger partial charge in [-0.1, -0.05) is 19.1 Å². The molecule has 1 aromatic rings. The molecule has 1 aromatic carbocycles. The number of amides is 1. The Morgan fingerprint density at radius 1 is 1.33 bits per heavy atom. The Morgan fingerprint density at radius 2 is 2.14 bits per heavy atom. The lowest BCUT2D eigenvalue weighted by Gasteiger charge is -2.28. The molecule has 0 bridgehead atoms. The molecule has 1 saturated carbocycles. The van der Waals surface area contributed by atoms with Crippen LogP contribution >= 0.6 is 11.8 Å². The van der Waals surface area contributed by atoms with Gasteiger partial charge in [-0.15, -0.1) is 11.8 Å². The summed E-state index contributed by atoms with van der Waals surface area (Å²) in [6, 6.07) is 8.53. The van der Waals surface area contributed by atoms with Crippen molar-refractivity contribution in [1.82, 2.24) is 4.90 Å². The third-order valence-corrected chi connectivity index (χ3v) is 5.37. The summed E-state index contributed by atoms with van der Waals surface area (Å²) in [5.74, 6) is 2.00. The Labute approximate surface area is 131 Å². The van der Waals surface area contributed by atoms with Gasteiger partial charge in [0.25, 0.3) is 5.91 Å². The summed E-state index contributed by atoms with van der Waals surface area (Å²) in [6.07, 6.45) is 3.73. The molecule has 2 aliphatic rings. The van der Waals surface area contributed by atoms with E-state index < -0.39 is 0 Å². The average molecular weight is 305 g/mol. The van der Waals surface area contributed by atoms with Crippen LogP contribution in [0.15, 0.2) is 29.2 Å². The lowest BCUT2D eigenvalue weighted by molar-refractivity contribution is -0.637. The van der Waals surface area contributed by atoms with E-state index in [9.17, 15) is 4.79 Å². The fraction of sp³-hybridized carbons (Fsp3) is 0.588. The maximum Gasteiger partial charge on any atom is 0.255 e. The van der Waals surface area contributed by atoms with Crippen molar-refractivity contribution in [2.75, 3.05) is 25.4 Å². The van der Waals surface area contributed by atoms with E-state index in [-0.39, 0.29) is 5.91 Å². The van der Waals surface area contributed by atoms with Crippen molar-refractivity contribution in [3.05, 3.63) is 29.8 Å². The fourth-order valence-corrected chi connectivity index (χ4v) is 3.87. The number of hydrogen-bond donors (Lipinski definition) is 1.